The molecule has 10 heteroatoms. The molecule has 0 unspecified atom stereocenters. The van der Waals surface area contributed by atoms with Crippen molar-refractivity contribution in [3.05, 3.63) is 54.6 Å². The summed E-state index contributed by atoms with van der Waals surface area (Å²) in [5, 5.41) is 24.8. The maximum absolute atomic E-state index is 12.3. The van der Waals surface area contributed by atoms with Crippen LogP contribution in [0.3, 0.4) is 0 Å². The minimum atomic E-state index is -0.811. The molecular weight excluding hydrogens is 336 g/mol. The molecule has 1 heterocycles. The normalized spacial score (nSPS) is 13.2. The van der Waals surface area contributed by atoms with Crippen molar-refractivity contribution in [2.24, 2.45) is 0 Å². The van der Waals surface area contributed by atoms with Crippen molar-refractivity contribution in [3.63, 3.8) is 0 Å². The summed E-state index contributed by atoms with van der Waals surface area (Å²) in [5.41, 5.74) is -0.329. The summed E-state index contributed by atoms with van der Waals surface area (Å²) >= 11 is 1.36. The molecular formula is C14H12N4O5S. The zero-order valence-electron chi connectivity index (χ0n) is 12.4. The van der Waals surface area contributed by atoms with E-state index in [4.69, 9.17) is 0 Å². The number of nitrogens with zero attached hydrogens (tertiary/aromatic N) is 3. The van der Waals surface area contributed by atoms with Gasteiger partial charge in [0.25, 0.3) is 17.3 Å². The largest absolute Gasteiger partial charge is 0.298 e. The number of anilines is 1. The number of carbonyl (C=O) groups excluding carboxylic acids is 1. The van der Waals surface area contributed by atoms with Crippen LogP contribution in [0.2, 0.25) is 0 Å². The highest BCUT2D eigenvalue weighted by Crippen LogP contribution is 2.31. The van der Waals surface area contributed by atoms with Crippen molar-refractivity contribution in [1.82, 2.24) is 4.98 Å². The molecule has 0 saturated heterocycles. The fraction of sp³-hybridized carbons (Fsp3) is 0.286. The maximum Gasteiger partial charge on any atom is 0.289 e. The number of fused-ring (bicyclic) bond motifs is 1. The quantitative estimate of drug-likeness (QED) is 0.668. The van der Waals surface area contributed by atoms with E-state index in [1.807, 2.05) is 0 Å². The second-order valence-corrected chi connectivity index (χ2v) is 6.35. The van der Waals surface area contributed by atoms with Crippen molar-refractivity contribution in [2.75, 3.05) is 5.32 Å². The maximum atomic E-state index is 12.3. The van der Waals surface area contributed by atoms with Gasteiger partial charge in [0, 0.05) is 10.9 Å². The molecule has 3 rings (SSSR count). The summed E-state index contributed by atoms with van der Waals surface area (Å²) in [7, 11) is 0. The number of rotatable bonds is 4. The van der Waals surface area contributed by atoms with Gasteiger partial charge in [0.1, 0.15) is 5.56 Å². The highest BCUT2D eigenvalue weighted by molar-refractivity contribution is 7.15. The van der Waals surface area contributed by atoms with Gasteiger partial charge in [0.15, 0.2) is 5.13 Å². The molecule has 0 radical (unpaired) electrons. The lowest BCUT2D eigenvalue weighted by Gasteiger charge is -2.06. The third-order valence-electron chi connectivity index (χ3n) is 3.70. The number of nitro benzene ring substituents is 2. The summed E-state index contributed by atoms with van der Waals surface area (Å²) in [6.07, 6.45) is 3.91. The van der Waals surface area contributed by atoms with Gasteiger partial charge in [-0.05, 0) is 31.7 Å². The Bertz CT molecular complexity index is 824. The molecule has 9 nitrogen and oxygen atoms in total. The first-order valence-corrected chi connectivity index (χ1v) is 8.00. The monoisotopic (exact) mass is 348 g/mol. The minimum Gasteiger partial charge on any atom is -0.298 e. The molecule has 24 heavy (non-hydrogen) atoms. The van der Waals surface area contributed by atoms with E-state index in [2.05, 4.69) is 10.3 Å². The van der Waals surface area contributed by atoms with E-state index >= 15 is 0 Å². The Morgan fingerprint density at radius 1 is 1.17 bits per heavy atom. The van der Waals surface area contributed by atoms with Crippen LogP contribution in [0.15, 0.2) is 18.2 Å². The number of aryl methyl sites for hydroxylation is 2. The van der Waals surface area contributed by atoms with Crippen LogP contribution in [0.4, 0.5) is 16.5 Å². The Balaban J connectivity index is 1.88. The minimum absolute atomic E-state index is 0.237. The number of hydrogen-bond acceptors (Lipinski definition) is 7. The van der Waals surface area contributed by atoms with Gasteiger partial charge in [-0.2, -0.15) is 0 Å². The molecule has 1 aliphatic carbocycles. The Kier molecular flexibility index (Phi) is 4.21. The first-order valence-electron chi connectivity index (χ1n) is 7.18. The smallest absolute Gasteiger partial charge is 0.289 e. The standard InChI is InChI=1S/C14H12N4O5S/c19-13(16-14-15-10-3-1-2-4-12(10)24-14)9-6-5-8(17(20)21)7-11(9)18(22)23/h5-7H,1-4H2,(H,15,16,19). The van der Waals surface area contributed by atoms with Gasteiger partial charge < -0.3 is 0 Å². The summed E-state index contributed by atoms with van der Waals surface area (Å²) < 4.78 is 0. The first kappa shape index (κ1) is 16.0. The second-order valence-electron chi connectivity index (χ2n) is 5.27. The number of thiazole rings is 1. The topological polar surface area (TPSA) is 128 Å². The molecule has 1 amide bonds. The fourth-order valence-electron chi connectivity index (χ4n) is 2.55. The van der Waals surface area contributed by atoms with Crippen LogP contribution >= 0.6 is 11.3 Å². The number of amides is 1. The summed E-state index contributed by atoms with van der Waals surface area (Å²) in [6, 6.07) is 2.93. The van der Waals surface area contributed by atoms with Gasteiger partial charge in [-0.25, -0.2) is 4.98 Å². The number of nitrogens with one attached hydrogen (secondary N) is 1. The summed E-state index contributed by atoms with van der Waals surface area (Å²) in [5.74, 6) is -0.706. The van der Waals surface area contributed by atoms with Crippen molar-refractivity contribution < 1.29 is 14.6 Å². The Hall–Kier alpha value is -2.88. The second kappa shape index (κ2) is 6.32. The van der Waals surface area contributed by atoms with E-state index in [1.165, 1.54) is 11.3 Å². The van der Waals surface area contributed by atoms with E-state index in [0.717, 1.165) is 54.5 Å². The molecule has 124 valence electrons. The zero-order chi connectivity index (χ0) is 17.3. The third kappa shape index (κ3) is 3.08. The van der Waals surface area contributed by atoms with Gasteiger partial charge in [-0.3, -0.25) is 30.3 Å². The van der Waals surface area contributed by atoms with Crippen LogP contribution in [0.1, 0.15) is 33.8 Å². The van der Waals surface area contributed by atoms with Crippen molar-refractivity contribution in [1.29, 1.82) is 0 Å². The number of non-ortho nitro benzene ring substituents is 1. The molecule has 0 bridgehead atoms. The zero-order valence-corrected chi connectivity index (χ0v) is 13.2. The van der Waals surface area contributed by atoms with E-state index in [1.54, 1.807) is 0 Å². The molecule has 2 aromatic rings. The lowest BCUT2D eigenvalue weighted by molar-refractivity contribution is -0.394. The molecule has 0 saturated carbocycles. The summed E-state index contributed by atoms with van der Waals surface area (Å²) in [6.45, 7) is 0. The highest BCUT2D eigenvalue weighted by atomic mass is 32.1. The molecule has 1 aromatic heterocycles. The van der Waals surface area contributed by atoms with Gasteiger partial charge in [0.2, 0.25) is 0 Å². The Labute approximate surface area is 139 Å². The molecule has 0 aliphatic heterocycles. The number of carbonyl (C=O) groups is 1. The van der Waals surface area contributed by atoms with Crippen molar-refractivity contribution >= 4 is 33.8 Å². The van der Waals surface area contributed by atoms with Crippen LogP contribution in [-0.4, -0.2) is 20.7 Å². The molecule has 0 spiro atoms. The van der Waals surface area contributed by atoms with E-state index < -0.39 is 27.1 Å². The molecule has 1 aliphatic rings. The number of aromatic nitrogens is 1. The number of nitro groups is 2. The summed E-state index contributed by atoms with van der Waals surface area (Å²) in [4.78, 5) is 38.1. The average Bonchev–Trinajstić information content (AvgIpc) is 2.96. The van der Waals surface area contributed by atoms with Crippen LogP contribution in [0.25, 0.3) is 0 Å². The van der Waals surface area contributed by atoms with E-state index in [9.17, 15) is 25.0 Å². The predicted octanol–water partition coefficient (Wildman–Crippen LogP) is 3.09. The SMILES string of the molecule is O=C(Nc1nc2c(s1)CCCC2)c1ccc([N+](=O)[O-])cc1[N+](=O)[O-]. The Morgan fingerprint density at radius 3 is 2.58 bits per heavy atom. The molecule has 1 N–H and O–H groups in total. The predicted molar refractivity (Wildman–Crippen MR) is 86.5 cm³/mol. The van der Waals surface area contributed by atoms with E-state index in [-0.39, 0.29) is 5.56 Å². The number of benzene rings is 1. The van der Waals surface area contributed by atoms with Crippen LogP contribution < -0.4 is 5.32 Å². The number of hydrogen-bond donors (Lipinski definition) is 1. The van der Waals surface area contributed by atoms with Crippen LogP contribution in [0.5, 0.6) is 0 Å². The van der Waals surface area contributed by atoms with Crippen LogP contribution in [0, 0.1) is 20.2 Å². The van der Waals surface area contributed by atoms with Crippen molar-refractivity contribution in [2.45, 2.75) is 25.7 Å². The van der Waals surface area contributed by atoms with Crippen molar-refractivity contribution in [3.8, 4) is 0 Å². The molecule has 1 aromatic carbocycles. The van der Waals surface area contributed by atoms with E-state index in [0.29, 0.717) is 5.13 Å². The van der Waals surface area contributed by atoms with Crippen LogP contribution in [-0.2, 0) is 12.8 Å². The Morgan fingerprint density at radius 2 is 1.92 bits per heavy atom. The van der Waals surface area contributed by atoms with Gasteiger partial charge >= 0.3 is 0 Å². The first-order chi connectivity index (χ1) is 11.5. The highest BCUT2D eigenvalue weighted by Gasteiger charge is 2.25. The average molecular weight is 348 g/mol. The van der Waals surface area contributed by atoms with Gasteiger partial charge in [0.05, 0.1) is 21.6 Å². The lowest BCUT2D eigenvalue weighted by Crippen LogP contribution is -2.14. The van der Waals surface area contributed by atoms with Gasteiger partial charge in [-0.1, -0.05) is 0 Å². The third-order valence-corrected chi connectivity index (χ3v) is 4.77. The van der Waals surface area contributed by atoms with Gasteiger partial charge in [-0.15, -0.1) is 11.3 Å². The molecule has 0 fully saturated rings. The fourth-order valence-corrected chi connectivity index (χ4v) is 3.59. The lowest BCUT2D eigenvalue weighted by atomic mass is 10.0. The molecule has 0 atom stereocenters.